The van der Waals surface area contributed by atoms with Crippen LogP contribution in [0.4, 0.5) is 13.2 Å². The number of alkyl halides is 3. The Morgan fingerprint density at radius 1 is 1.10 bits per heavy atom. The molecule has 0 aliphatic heterocycles. The lowest BCUT2D eigenvalue weighted by Gasteiger charge is -2.12. The molecule has 0 bridgehead atoms. The van der Waals surface area contributed by atoms with Crippen LogP contribution in [0.5, 0.6) is 11.5 Å². The Morgan fingerprint density at radius 2 is 1.81 bits per heavy atom. The maximum Gasteiger partial charge on any atom is 0.416 e. The van der Waals surface area contributed by atoms with Crippen LogP contribution in [0, 0.1) is 11.3 Å². The van der Waals surface area contributed by atoms with Gasteiger partial charge < -0.3 is 4.74 Å². The summed E-state index contributed by atoms with van der Waals surface area (Å²) < 4.78 is 43.5. The summed E-state index contributed by atoms with van der Waals surface area (Å²) in [6, 6.07) is 11.7. The number of para-hydroxylation sites is 1. The van der Waals surface area contributed by atoms with Crippen LogP contribution in [0.15, 0.2) is 47.4 Å². The van der Waals surface area contributed by atoms with Crippen LogP contribution in [-0.4, -0.2) is 6.26 Å². The molecule has 2 nitrogen and oxygen atoms in total. The number of hydrogen-bond acceptors (Lipinski definition) is 3. The van der Waals surface area contributed by atoms with Crippen molar-refractivity contribution in [3.63, 3.8) is 0 Å². The molecule has 0 saturated heterocycles. The summed E-state index contributed by atoms with van der Waals surface area (Å²) in [4.78, 5) is 0.835. The number of nitriles is 1. The number of nitrogens with zero attached hydrogens (tertiary/aromatic N) is 1. The zero-order valence-corrected chi connectivity index (χ0v) is 11.8. The van der Waals surface area contributed by atoms with E-state index in [1.165, 1.54) is 17.8 Å². The lowest BCUT2D eigenvalue weighted by molar-refractivity contribution is -0.137. The van der Waals surface area contributed by atoms with E-state index in [-0.39, 0.29) is 11.3 Å². The van der Waals surface area contributed by atoms with Crippen molar-refractivity contribution in [3.8, 4) is 17.6 Å². The van der Waals surface area contributed by atoms with Gasteiger partial charge in [0.1, 0.15) is 17.6 Å². The van der Waals surface area contributed by atoms with Gasteiger partial charge in [0.25, 0.3) is 0 Å². The third-order valence-electron chi connectivity index (χ3n) is 2.72. The predicted molar refractivity (Wildman–Crippen MR) is 74.5 cm³/mol. The highest BCUT2D eigenvalue weighted by molar-refractivity contribution is 7.98. The zero-order chi connectivity index (χ0) is 15.5. The Morgan fingerprint density at radius 3 is 2.43 bits per heavy atom. The summed E-state index contributed by atoms with van der Waals surface area (Å²) in [5.74, 6) is 0.605. The first kappa shape index (κ1) is 15.3. The van der Waals surface area contributed by atoms with Crippen molar-refractivity contribution < 1.29 is 17.9 Å². The highest BCUT2D eigenvalue weighted by Crippen LogP contribution is 2.36. The molecule has 21 heavy (non-hydrogen) atoms. The van der Waals surface area contributed by atoms with Crippen molar-refractivity contribution >= 4 is 11.8 Å². The van der Waals surface area contributed by atoms with Gasteiger partial charge in [-0.2, -0.15) is 18.4 Å². The summed E-state index contributed by atoms with van der Waals surface area (Å²) >= 11 is 1.45. The molecule has 2 rings (SSSR count). The SMILES string of the molecule is CSc1ccccc1Oc1ccc(C(F)(F)F)cc1C#N. The molecule has 0 aliphatic carbocycles. The standard InChI is InChI=1S/C15H10F3NOS/c1-21-14-5-3-2-4-13(14)20-12-7-6-11(15(16,17)18)8-10(12)9-19/h2-8H,1H3. The summed E-state index contributed by atoms with van der Waals surface area (Å²) in [5.41, 5.74) is -1.02. The molecule has 0 aliphatic rings. The molecule has 2 aromatic carbocycles. The molecular weight excluding hydrogens is 299 g/mol. The van der Waals surface area contributed by atoms with Gasteiger partial charge in [-0.1, -0.05) is 12.1 Å². The molecule has 2 aromatic rings. The number of ether oxygens (including phenoxy) is 1. The normalized spacial score (nSPS) is 11.0. The fraction of sp³-hybridized carbons (Fsp3) is 0.133. The minimum Gasteiger partial charge on any atom is -0.455 e. The van der Waals surface area contributed by atoms with Gasteiger partial charge in [-0.05, 0) is 36.6 Å². The fourth-order valence-corrected chi connectivity index (χ4v) is 2.23. The molecular formula is C15H10F3NOS. The molecule has 0 spiro atoms. The van der Waals surface area contributed by atoms with Gasteiger partial charge in [0.15, 0.2) is 0 Å². The molecule has 0 unspecified atom stereocenters. The van der Waals surface area contributed by atoms with E-state index in [0.29, 0.717) is 5.75 Å². The topological polar surface area (TPSA) is 33.0 Å². The molecule has 0 N–H and O–H groups in total. The second kappa shape index (κ2) is 6.10. The van der Waals surface area contributed by atoms with Crippen LogP contribution in [0.3, 0.4) is 0 Å². The number of hydrogen-bond donors (Lipinski definition) is 0. The second-order valence-corrected chi connectivity index (χ2v) is 4.92. The van der Waals surface area contributed by atoms with E-state index in [2.05, 4.69) is 0 Å². The number of thioether (sulfide) groups is 1. The van der Waals surface area contributed by atoms with Crippen LogP contribution < -0.4 is 4.74 Å². The van der Waals surface area contributed by atoms with E-state index in [4.69, 9.17) is 10.00 Å². The van der Waals surface area contributed by atoms with E-state index < -0.39 is 11.7 Å². The predicted octanol–water partition coefficient (Wildman–Crippen LogP) is 5.09. The van der Waals surface area contributed by atoms with Crippen LogP contribution in [-0.2, 0) is 6.18 Å². The first-order valence-corrected chi connectivity index (χ1v) is 7.10. The third-order valence-corrected chi connectivity index (χ3v) is 3.49. The molecule has 108 valence electrons. The quantitative estimate of drug-likeness (QED) is 0.740. The number of rotatable bonds is 3. The lowest BCUT2D eigenvalue weighted by Crippen LogP contribution is -2.05. The Kier molecular flexibility index (Phi) is 4.43. The molecule has 0 fully saturated rings. The summed E-state index contributed by atoms with van der Waals surface area (Å²) in [5, 5.41) is 9.01. The Bertz CT molecular complexity index is 692. The van der Waals surface area contributed by atoms with Gasteiger partial charge in [0, 0.05) is 4.90 Å². The summed E-state index contributed by atoms with van der Waals surface area (Å²) in [7, 11) is 0. The fourth-order valence-electron chi connectivity index (χ4n) is 1.70. The maximum absolute atomic E-state index is 12.6. The van der Waals surface area contributed by atoms with Gasteiger partial charge in [-0.3, -0.25) is 0 Å². The largest absolute Gasteiger partial charge is 0.455 e. The van der Waals surface area contributed by atoms with Crippen LogP contribution in [0.25, 0.3) is 0 Å². The van der Waals surface area contributed by atoms with Crippen molar-refractivity contribution in [1.82, 2.24) is 0 Å². The molecule has 0 atom stereocenters. The van der Waals surface area contributed by atoms with E-state index >= 15 is 0 Å². The Labute approximate surface area is 124 Å². The van der Waals surface area contributed by atoms with E-state index in [0.717, 1.165) is 17.0 Å². The molecule has 6 heteroatoms. The van der Waals surface area contributed by atoms with Crippen LogP contribution >= 0.6 is 11.8 Å². The number of halogens is 3. The van der Waals surface area contributed by atoms with E-state index in [9.17, 15) is 13.2 Å². The van der Waals surface area contributed by atoms with Crippen molar-refractivity contribution in [2.24, 2.45) is 0 Å². The summed E-state index contributed by atoms with van der Waals surface area (Å²) in [6.07, 6.45) is -2.62. The minimum atomic E-state index is -4.48. The van der Waals surface area contributed by atoms with Crippen molar-refractivity contribution in [3.05, 3.63) is 53.6 Å². The van der Waals surface area contributed by atoms with Crippen molar-refractivity contribution in [2.75, 3.05) is 6.26 Å². The smallest absolute Gasteiger partial charge is 0.416 e. The molecule has 0 saturated carbocycles. The lowest BCUT2D eigenvalue weighted by atomic mass is 10.1. The monoisotopic (exact) mass is 309 g/mol. The van der Waals surface area contributed by atoms with Gasteiger partial charge >= 0.3 is 6.18 Å². The molecule has 0 heterocycles. The minimum absolute atomic E-state index is 0.104. The zero-order valence-electron chi connectivity index (χ0n) is 10.9. The van der Waals surface area contributed by atoms with E-state index in [1.54, 1.807) is 18.2 Å². The highest BCUT2D eigenvalue weighted by Gasteiger charge is 2.31. The van der Waals surface area contributed by atoms with Gasteiger partial charge in [0.2, 0.25) is 0 Å². The number of benzene rings is 2. The highest BCUT2D eigenvalue weighted by atomic mass is 32.2. The Balaban J connectivity index is 2.39. The van der Waals surface area contributed by atoms with Crippen LogP contribution in [0.2, 0.25) is 0 Å². The summed E-state index contributed by atoms with van der Waals surface area (Å²) in [6.45, 7) is 0. The van der Waals surface area contributed by atoms with Gasteiger partial charge in [-0.25, -0.2) is 0 Å². The third kappa shape index (κ3) is 3.50. The molecule has 0 amide bonds. The van der Waals surface area contributed by atoms with Crippen molar-refractivity contribution in [2.45, 2.75) is 11.1 Å². The molecule has 0 aromatic heterocycles. The average Bonchev–Trinajstić information content (AvgIpc) is 2.47. The molecule has 0 radical (unpaired) electrons. The average molecular weight is 309 g/mol. The maximum atomic E-state index is 12.6. The van der Waals surface area contributed by atoms with Gasteiger partial charge in [0.05, 0.1) is 11.1 Å². The van der Waals surface area contributed by atoms with Crippen LogP contribution in [0.1, 0.15) is 11.1 Å². The van der Waals surface area contributed by atoms with E-state index in [1.807, 2.05) is 18.4 Å². The first-order valence-electron chi connectivity index (χ1n) is 5.88. The first-order chi connectivity index (χ1) is 9.95. The van der Waals surface area contributed by atoms with Crippen molar-refractivity contribution in [1.29, 1.82) is 5.26 Å². The second-order valence-electron chi connectivity index (χ2n) is 4.07. The van der Waals surface area contributed by atoms with Gasteiger partial charge in [-0.15, -0.1) is 11.8 Å². The Hall–Kier alpha value is -2.13.